The number of anilines is 1. The highest BCUT2D eigenvalue weighted by Gasteiger charge is 2.46. The molecular weight excluding hydrogens is 344 g/mol. The van der Waals surface area contributed by atoms with Crippen LogP contribution in [0.2, 0.25) is 0 Å². The second kappa shape index (κ2) is 6.55. The lowest BCUT2D eigenvalue weighted by Gasteiger charge is -2.43. The van der Waals surface area contributed by atoms with Crippen molar-refractivity contribution in [2.75, 3.05) is 49.1 Å². The van der Waals surface area contributed by atoms with Crippen molar-refractivity contribution in [3.63, 3.8) is 0 Å². The molecule has 3 fully saturated rings. The number of hydrogen-bond acceptors (Lipinski definition) is 7. The molecule has 3 saturated heterocycles. The van der Waals surface area contributed by atoms with Crippen LogP contribution < -0.4 is 4.90 Å². The van der Waals surface area contributed by atoms with Gasteiger partial charge in [0.15, 0.2) is 15.0 Å². The van der Waals surface area contributed by atoms with Crippen LogP contribution >= 0.6 is 11.3 Å². The van der Waals surface area contributed by atoms with E-state index in [9.17, 15) is 8.42 Å². The van der Waals surface area contributed by atoms with Crippen molar-refractivity contribution in [1.29, 1.82) is 0 Å². The minimum absolute atomic E-state index is 0.140. The van der Waals surface area contributed by atoms with E-state index in [0.29, 0.717) is 11.5 Å². The van der Waals surface area contributed by atoms with Gasteiger partial charge >= 0.3 is 0 Å². The Balaban J connectivity index is 1.48. The molecule has 24 heavy (non-hydrogen) atoms. The summed E-state index contributed by atoms with van der Waals surface area (Å²) in [7, 11) is -2.91. The molecule has 0 amide bonds. The number of hydrogen-bond donors (Lipinski definition) is 0. The summed E-state index contributed by atoms with van der Waals surface area (Å²) >= 11 is 1.77. The van der Waals surface area contributed by atoms with Crippen LogP contribution in [0.4, 0.5) is 5.13 Å². The molecule has 1 aromatic rings. The van der Waals surface area contributed by atoms with Crippen molar-refractivity contribution in [3.05, 3.63) is 11.1 Å². The van der Waals surface area contributed by atoms with Crippen LogP contribution in [0.25, 0.3) is 0 Å². The number of sulfone groups is 1. The molecule has 3 aliphatic rings. The maximum Gasteiger partial charge on any atom is 0.185 e. The Hall–Kier alpha value is -0.700. The summed E-state index contributed by atoms with van der Waals surface area (Å²) in [6.07, 6.45) is 4.51. The molecule has 0 N–H and O–H groups in total. The highest BCUT2D eigenvalue weighted by atomic mass is 32.2. The van der Waals surface area contributed by atoms with Crippen LogP contribution in [0.5, 0.6) is 0 Å². The predicted molar refractivity (Wildman–Crippen MR) is 97.4 cm³/mol. The van der Waals surface area contributed by atoms with Gasteiger partial charge in [0.2, 0.25) is 0 Å². The van der Waals surface area contributed by atoms with Crippen LogP contribution in [-0.4, -0.2) is 79.5 Å². The Morgan fingerprint density at radius 1 is 1.12 bits per heavy atom. The fourth-order valence-corrected chi connectivity index (χ4v) is 7.34. The third-order valence-corrected chi connectivity index (χ3v) is 8.33. The highest BCUT2D eigenvalue weighted by molar-refractivity contribution is 7.91. The summed E-state index contributed by atoms with van der Waals surface area (Å²) in [6, 6.07) is 0.306. The molecule has 134 valence electrons. The fourth-order valence-electron chi connectivity index (χ4n) is 4.31. The largest absolute Gasteiger partial charge is 0.348 e. The number of nitrogens with zero attached hydrogens (tertiary/aromatic N) is 4. The predicted octanol–water partition coefficient (Wildman–Crippen LogP) is 1.05. The van der Waals surface area contributed by atoms with E-state index in [1.165, 1.54) is 17.7 Å². The van der Waals surface area contributed by atoms with E-state index in [2.05, 4.69) is 26.6 Å². The summed E-state index contributed by atoms with van der Waals surface area (Å²) in [6.45, 7) is 8.04. The number of piperazine rings is 1. The van der Waals surface area contributed by atoms with Gasteiger partial charge in [0, 0.05) is 55.9 Å². The van der Waals surface area contributed by atoms with Crippen LogP contribution in [0.1, 0.15) is 24.6 Å². The molecule has 0 unspecified atom stereocenters. The van der Waals surface area contributed by atoms with Gasteiger partial charge in [-0.2, -0.15) is 0 Å². The Labute approximate surface area is 148 Å². The maximum absolute atomic E-state index is 12.2. The third-order valence-electron chi connectivity index (χ3n) is 5.59. The lowest BCUT2D eigenvalue weighted by molar-refractivity contribution is 0.0445. The molecule has 2 atom stereocenters. The van der Waals surface area contributed by atoms with Crippen molar-refractivity contribution >= 4 is 26.3 Å². The monoisotopic (exact) mass is 370 g/mol. The molecule has 3 aliphatic heterocycles. The van der Waals surface area contributed by atoms with E-state index in [-0.39, 0.29) is 12.1 Å². The third kappa shape index (κ3) is 3.21. The Morgan fingerprint density at radius 2 is 1.79 bits per heavy atom. The lowest BCUT2D eigenvalue weighted by Crippen LogP contribution is -2.58. The van der Waals surface area contributed by atoms with Crippen LogP contribution in [0.3, 0.4) is 0 Å². The SMILES string of the molecule is CCN1CCN(Cc2cnc(N3CCCC3)s2)[C@H]2CS(=O)(=O)C[C@H]21. The minimum atomic E-state index is -2.91. The van der Waals surface area contributed by atoms with Gasteiger partial charge in [-0.15, -0.1) is 11.3 Å². The van der Waals surface area contributed by atoms with E-state index in [4.69, 9.17) is 0 Å². The Bertz CT molecular complexity index is 684. The standard InChI is InChI=1S/C16H26N4O2S2/c1-2-18-7-8-20(15-12-24(21,22)11-14(15)18)10-13-9-17-16(23-13)19-5-3-4-6-19/h9,14-15H,2-8,10-12H2,1H3/t14-,15+/m1/s1. The van der Waals surface area contributed by atoms with Crippen molar-refractivity contribution in [2.24, 2.45) is 0 Å². The van der Waals surface area contributed by atoms with E-state index in [0.717, 1.165) is 44.4 Å². The quantitative estimate of drug-likeness (QED) is 0.790. The maximum atomic E-state index is 12.2. The van der Waals surface area contributed by atoms with Crippen LogP contribution in [-0.2, 0) is 16.4 Å². The van der Waals surface area contributed by atoms with Crippen molar-refractivity contribution < 1.29 is 8.42 Å². The molecule has 6 nitrogen and oxygen atoms in total. The minimum Gasteiger partial charge on any atom is -0.348 e. The molecule has 4 rings (SSSR count). The molecule has 0 aliphatic carbocycles. The number of fused-ring (bicyclic) bond motifs is 1. The first kappa shape index (κ1) is 16.8. The summed E-state index contributed by atoms with van der Waals surface area (Å²) < 4.78 is 24.3. The fraction of sp³-hybridized carbons (Fsp3) is 0.812. The zero-order valence-corrected chi connectivity index (χ0v) is 15.9. The molecule has 0 aromatic carbocycles. The first-order valence-corrected chi connectivity index (χ1v) is 11.6. The molecule has 0 radical (unpaired) electrons. The number of likely N-dealkylation sites (N-methyl/N-ethyl adjacent to an activating group) is 1. The summed E-state index contributed by atoms with van der Waals surface area (Å²) in [5.41, 5.74) is 0. The van der Waals surface area contributed by atoms with Gasteiger partial charge in [0.25, 0.3) is 0 Å². The van der Waals surface area contributed by atoms with Gasteiger partial charge in [0.1, 0.15) is 0 Å². The second-order valence-electron chi connectivity index (χ2n) is 7.11. The van der Waals surface area contributed by atoms with Gasteiger partial charge in [-0.05, 0) is 19.4 Å². The first-order valence-electron chi connectivity index (χ1n) is 8.94. The smallest absolute Gasteiger partial charge is 0.185 e. The van der Waals surface area contributed by atoms with Gasteiger partial charge < -0.3 is 4.90 Å². The molecule has 4 heterocycles. The zero-order valence-electron chi connectivity index (χ0n) is 14.2. The van der Waals surface area contributed by atoms with E-state index in [1.807, 2.05) is 6.20 Å². The first-order chi connectivity index (χ1) is 11.6. The van der Waals surface area contributed by atoms with Crippen molar-refractivity contribution in [1.82, 2.24) is 14.8 Å². The Kier molecular flexibility index (Phi) is 4.57. The van der Waals surface area contributed by atoms with E-state index in [1.54, 1.807) is 11.3 Å². The van der Waals surface area contributed by atoms with E-state index >= 15 is 0 Å². The van der Waals surface area contributed by atoms with Gasteiger partial charge in [-0.1, -0.05) is 6.92 Å². The average molecular weight is 371 g/mol. The highest BCUT2D eigenvalue weighted by Crippen LogP contribution is 2.31. The average Bonchev–Trinajstić information content (AvgIpc) is 3.25. The summed E-state index contributed by atoms with van der Waals surface area (Å²) in [4.78, 5) is 12.9. The van der Waals surface area contributed by atoms with Crippen molar-refractivity contribution in [3.8, 4) is 0 Å². The van der Waals surface area contributed by atoms with Crippen molar-refractivity contribution in [2.45, 2.75) is 38.4 Å². The lowest BCUT2D eigenvalue weighted by atomic mass is 10.0. The number of thiazole rings is 1. The number of aromatic nitrogens is 1. The molecule has 0 saturated carbocycles. The van der Waals surface area contributed by atoms with Crippen LogP contribution in [0.15, 0.2) is 6.20 Å². The normalized spacial score (nSPS) is 30.8. The van der Waals surface area contributed by atoms with E-state index < -0.39 is 9.84 Å². The van der Waals surface area contributed by atoms with Crippen LogP contribution in [0, 0.1) is 0 Å². The van der Waals surface area contributed by atoms with Gasteiger partial charge in [-0.3, -0.25) is 9.80 Å². The van der Waals surface area contributed by atoms with Gasteiger partial charge in [-0.25, -0.2) is 13.4 Å². The Morgan fingerprint density at radius 3 is 2.50 bits per heavy atom. The second-order valence-corrected chi connectivity index (χ2v) is 10.4. The van der Waals surface area contributed by atoms with Gasteiger partial charge in [0.05, 0.1) is 11.5 Å². The molecule has 0 spiro atoms. The zero-order chi connectivity index (χ0) is 16.7. The summed E-state index contributed by atoms with van der Waals surface area (Å²) in [5.74, 6) is 0.635. The summed E-state index contributed by atoms with van der Waals surface area (Å²) in [5, 5.41) is 1.13. The molecule has 1 aromatic heterocycles. The number of rotatable bonds is 4. The molecule has 8 heteroatoms. The topological polar surface area (TPSA) is 56.8 Å². The molecule has 0 bridgehead atoms. The molecular formula is C16H26N4O2S2.